The van der Waals surface area contributed by atoms with Crippen LogP contribution in [0.5, 0.6) is 0 Å². The van der Waals surface area contributed by atoms with Gasteiger partial charge in [-0.3, -0.25) is 0 Å². The van der Waals surface area contributed by atoms with Gasteiger partial charge in [0.1, 0.15) is 22.3 Å². The summed E-state index contributed by atoms with van der Waals surface area (Å²) in [5.41, 5.74) is 10.7. The first-order valence-electron chi connectivity index (χ1n) is 16.4. The molecule has 0 saturated heterocycles. The number of furan rings is 2. The van der Waals surface area contributed by atoms with E-state index in [-0.39, 0.29) is 0 Å². The highest BCUT2D eigenvalue weighted by atomic mass is 16.3. The second-order valence-electron chi connectivity index (χ2n) is 12.8. The smallest absolute Gasteiger partial charge is 0.136 e. The van der Waals surface area contributed by atoms with Crippen molar-refractivity contribution in [1.29, 1.82) is 10.5 Å². The van der Waals surface area contributed by atoms with Gasteiger partial charge in [0.05, 0.1) is 45.3 Å². The van der Waals surface area contributed by atoms with Gasteiger partial charge in [-0.25, -0.2) is 0 Å². The van der Waals surface area contributed by atoms with E-state index in [1.165, 1.54) is 0 Å². The van der Waals surface area contributed by atoms with Gasteiger partial charge in [-0.05, 0) is 97.1 Å². The highest BCUT2D eigenvalue weighted by Gasteiger charge is 2.20. The zero-order chi connectivity index (χ0) is 33.1. The van der Waals surface area contributed by atoms with Crippen molar-refractivity contribution < 1.29 is 8.83 Å². The summed E-state index contributed by atoms with van der Waals surface area (Å²) < 4.78 is 17.2. The number of rotatable bonds is 2. The first-order chi connectivity index (χ1) is 24.7. The molecule has 0 aliphatic rings. The standard InChI is InChI=1S/C44H22N4O2/c45-23-25-9-13-37-31(19-25)29-5-1-3-7-35(29)47(37)27-11-16-39-32(21-27)33-22-28(12-17-40(33)49-39)48-36-8-4-2-6-30(36)43-38(48)14-18-42-44(43)34-20-26(24-46)10-15-41(34)50-42/h1-22H. The summed E-state index contributed by atoms with van der Waals surface area (Å²) >= 11 is 0. The van der Waals surface area contributed by atoms with Crippen molar-refractivity contribution in [2.45, 2.75) is 0 Å². The predicted octanol–water partition coefficient (Wildman–Crippen LogP) is 11.4. The summed E-state index contributed by atoms with van der Waals surface area (Å²) in [6.45, 7) is 0. The Hall–Kier alpha value is -7.28. The van der Waals surface area contributed by atoms with E-state index < -0.39 is 0 Å². The number of benzene rings is 7. The van der Waals surface area contributed by atoms with Crippen LogP contribution in [0.2, 0.25) is 0 Å². The Bertz CT molecular complexity index is 3360. The fraction of sp³-hybridized carbons (Fsp3) is 0. The number of nitriles is 2. The van der Waals surface area contributed by atoms with Gasteiger partial charge < -0.3 is 18.0 Å². The van der Waals surface area contributed by atoms with Crippen molar-refractivity contribution in [2.75, 3.05) is 0 Å². The predicted molar refractivity (Wildman–Crippen MR) is 199 cm³/mol. The highest BCUT2D eigenvalue weighted by molar-refractivity contribution is 6.27. The molecule has 6 heteroatoms. The molecule has 0 unspecified atom stereocenters. The minimum Gasteiger partial charge on any atom is -0.456 e. The first kappa shape index (κ1) is 26.8. The van der Waals surface area contributed by atoms with Gasteiger partial charge in [0.25, 0.3) is 0 Å². The monoisotopic (exact) mass is 638 g/mol. The molecule has 0 atom stereocenters. The lowest BCUT2D eigenvalue weighted by atomic mass is 10.0. The van der Waals surface area contributed by atoms with Crippen molar-refractivity contribution in [3.63, 3.8) is 0 Å². The number of fused-ring (bicyclic) bond motifs is 13. The van der Waals surface area contributed by atoms with Crippen LogP contribution >= 0.6 is 0 Å². The van der Waals surface area contributed by atoms with Crippen molar-refractivity contribution in [2.24, 2.45) is 0 Å². The molecule has 0 N–H and O–H groups in total. The van der Waals surface area contributed by atoms with Crippen molar-refractivity contribution in [3.8, 4) is 23.5 Å². The molecular weight excluding hydrogens is 617 g/mol. The lowest BCUT2D eigenvalue weighted by Crippen LogP contribution is -1.94. The number of hydrogen-bond donors (Lipinski definition) is 0. The van der Waals surface area contributed by atoms with Crippen LogP contribution in [0.3, 0.4) is 0 Å². The molecule has 0 fully saturated rings. The molecule has 0 aliphatic carbocycles. The Labute approximate surface area is 283 Å². The van der Waals surface area contributed by atoms with E-state index in [1.807, 2.05) is 48.5 Å². The Morgan fingerprint density at radius 2 is 0.880 bits per heavy atom. The Morgan fingerprint density at radius 3 is 1.60 bits per heavy atom. The molecule has 11 aromatic rings. The van der Waals surface area contributed by atoms with Crippen molar-refractivity contribution in [3.05, 3.63) is 145 Å². The van der Waals surface area contributed by atoms with Crippen LogP contribution in [0.4, 0.5) is 0 Å². The third kappa shape index (κ3) is 3.49. The van der Waals surface area contributed by atoms with E-state index in [4.69, 9.17) is 8.83 Å². The maximum Gasteiger partial charge on any atom is 0.136 e. The van der Waals surface area contributed by atoms with Gasteiger partial charge in [0.2, 0.25) is 0 Å². The molecule has 4 heterocycles. The van der Waals surface area contributed by atoms with E-state index >= 15 is 0 Å². The fourth-order valence-electron chi connectivity index (χ4n) is 8.03. The molecule has 0 saturated carbocycles. The van der Waals surface area contributed by atoms with E-state index in [0.29, 0.717) is 11.1 Å². The van der Waals surface area contributed by atoms with Gasteiger partial charge in [0, 0.05) is 54.5 Å². The minimum atomic E-state index is 0.602. The number of aromatic nitrogens is 2. The molecule has 230 valence electrons. The van der Waals surface area contributed by atoms with Crippen LogP contribution in [-0.4, -0.2) is 9.13 Å². The number of nitrogens with zero attached hydrogens (tertiary/aromatic N) is 4. The van der Waals surface area contributed by atoms with Crippen LogP contribution < -0.4 is 0 Å². The van der Waals surface area contributed by atoms with Crippen LogP contribution in [-0.2, 0) is 0 Å². The summed E-state index contributed by atoms with van der Waals surface area (Å²) in [4.78, 5) is 0. The van der Waals surface area contributed by atoms with Gasteiger partial charge >= 0.3 is 0 Å². The van der Waals surface area contributed by atoms with Gasteiger partial charge in [-0.15, -0.1) is 0 Å². The molecule has 0 spiro atoms. The largest absolute Gasteiger partial charge is 0.456 e. The molecular formula is C44H22N4O2. The van der Waals surface area contributed by atoms with Gasteiger partial charge in [-0.2, -0.15) is 10.5 Å². The van der Waals surface area contributed by atoms with Gasteiger partial charge in [0.15, 0.2) is 0 Å². The molecule has 6 nitrogen and oxygen atoms in total. The van der Waals surface area contributed by atoms with Crippen LogP contribution in [0.25, 0.3) is 98.9 Å². The fourth-order valence-corrected chi connectivity index (χ4v) is 8.03. The second kappa shape index (κ2) is 9.64. The third-order valence-electron chi connectivity index (χ3n) is 10.2. The quantitative estimate of drug-likeness (QED) is 0.189. The molecule has 11 rings (SSSR count). The van der Waals surface area contributed by atoms with Crippen LogP contribution in [0, 0.1) is 22.7 Å². The number of para-hydroxylation sites is 2. The summed E-state index contributed by atoms with van der Waals surface area (Å²) in [5, 5.41) is 27.6. The zero-order valence-electron chi connectivity index (χ0n) is 26.3. The van der Waals surface area contributed by atoms with Crippen molar-refractivity contribution in [1.82, 2.24) is 9.13 Å². The molecule has 0 aliphatic heterocycles. The molecule has 0 amide bonds. The maximum atomic E-state index is 9.67. The first-order valence-corrected chi connectivity index (χ1v) is 16.4. The summed E-state index contributed by atoms with van der Waals surface area (Å²) in [5.74, 6) is 0. The molecule has 50 heavy (non-hydrogen) atoms. The number of hydrogen-bond acceptors (Lipinski definition) is 4. The zero-order valence-corrected chi connectivity index (χ0v) is 26.3. The van der Waals surface area contributed by atoms with E-state index in [2.05, 4.69) is 100 Å². The summed E-state index contributed by atoms with van der Waals surface area (Å²) in [6.07, 6.45) is 0. The summed E-state index contributed by atoms with van der Waals surface area (Å²) in [7, 11) is 0. The lowest BCUT2D eigenvalue weighted by molar-refractivity contribution is 0.668. The molecule has 7 aromatic carbocycles. The molecule has 4 aromatic heterocycles. The maximum absolute atomic E-state index is 9.67. The topological polar surface area (TPSA) is 83.7 Å². The van der Waals surface area contributed by atoms with Crippen LogP contribution in [0.15, 0.2) is 142 Å². The Balaban J connectivity index is 1.17. The normalized spacial score (nSPS) is 12.0. The minimum absolute atomic E-state index is 0.602. The second-order valence-corrected chi connectivity index (χ2v) is 12.8. The molecule has 0 radical (unpaired) electrons. The average molecular weight is 639 g/mol. The molecule has 0 bridgehead atoms. The van der Waals surface area contributed by atoms with Crippen LogP contribution in [0.1, 0.15) is 11.1 Å². The lowest BCUT2D eigenvalue weighted by Gasteiger charge is -2.09. The Kier molecular flexibility index (Phi) is 5.16. The van der Waals surface area contributed by atoms with Gasteiger partial charge in [-0.1, -0.05) is 36.4 Å². The average Bonchev–Trinajstić information content (AvgIpc) is 3.91. The van der Waals surface area contributed by atoms with E-state index in [9.17, 15) is 10.5 Å². The highest BCUT2D eigenvalue weighted by Crippen LogP contribution is 2.42. The van der Waals surface area contributed by atoms with Crippen molar-refractivity contribution >= 4 is 87.5 Å². The summed E-state index contributed by atoms with van der Waals surface area (Å²) in [6, 6.07) is 49.7. The third-order valence-corrected chi connectivity index (χ3v) is 10.2. The Morgan fingerprint density at radius 1 is 0.380 bits per heavy atom. The SMILES string of the molecule is N#Cc1ccc2oc3ccc4c(c5ccccc5n4-c4ccc5oc6ccc(-n7c8ccccc8c8cc(C#N)ccc87)cc6c5c4)c3c2c1. The van der Waals surface area contributed by atoms with E-state index in [1.54, 1.807) is 6.07 Å². The van der Waals surface area contributed by atoms with E-state index in [0.717, 1.165) is 98.9 Å².